The molecular weight excluding hydrogens is 338 g/mol. The van der Waals surface area contributed by atoms with Crippen molar-refractivity contribution < 1.29 is 9.59 Å². The summed E-state index contributed by atoms with van der Waals surface area (Å²) in [6, 6.07) is 14.2. The minimum Gasteiger partial charge on any atom is -0.361 e. The summed E-state index contributed by atoms with van der Waals surface area (Å²) in [5.41, 5.74) is 2.85. The molecule has 126 valence electrons. The van der Waals surface area contributed by atoms with E-state index in [4.69, 9.17) is 11.6 Å². The van der Waals surface area contributed by atoms with E-state index in [0.717, 1.165) is 22.0 Å². The predicted octanol–water partition coefficient (Wildman–Crippen LogP) is 3.48. The summed E-state index contributed by atoms with van der Waals surface area (Å²) in [6.07, 6.45) is 2.35. The maximum Gasteiger partial charge on any atom is 0.325 e. The van der Waals surface area contributed by atoms with Crippen LogP contribution in [0.5, 0.6) is 0 Å². The molecule has 0 spiro atoms. The highest BCUT2D eigenvalue weighted by Crippen LogP contribution is 2.22. The topological polar surface area (TPSA) is 65.2 Å². The largest absolute Gasteiger partial charge is 0.361 e. The molecule has 1 unspecified atom stereocenters. The monoisotopic (exact) mass is 353 g/mol. The van der Waals surface area contributed by atoms with Gasteiger partial charge in [0.1, 0.15) is 6.04 Å². The Morgan fingerprint density at radius 3 is 2.76 bits per heavy atom. The molecule has 1 saturated heterocycles. The van der Waals surface area contributed by atoms with Crippen LogP contribution in [0.1, 0.15) is 11.1 Å². The van der Waals surface area contributed by atoms with Gasteiger partial charge in [-0.05, 0) is 29.3 Å². The van der Waals surface area contributed by atoms with E-state index in [0.29, 0.717) is 11.4 Å². The average Bonchev–Trinajstić information content (AvgIpc) is 3.12. The van der Waals surface area contributed by atoms with Crippen molar-refractivity contribution >= 4 is 34.4 Å². The van der Waals surface area contributed by atoms with Gasteiger partial charge in [0, 0.05) is 28.5 Å². The number of amides is 3. The highest BCUT2D eigenvalue weighted by molar-refractivity contribution is 6.30. The molecule has 0 aliphatic carbocycles. The number of benzene rings is 2. The van der Waals surface area contributed by atoms with Crippen molar-refractivity contribution in [3.63, 3.8) is 0 Å². The number of hydrogen-bond donors (Lipinski definition) is 2. The van der Waals surface area contributed by atoms with Crippen LogP contribution in [0.3, 0.4) is 0 Å². The first-order valence-electron chi connectivity index (χ1n) is 8.03. The lowest BCUT2D eigenvalue weighted by atomic mass is 10.0. The summed E-state index contributed by atoms with van der Waals surface area (Å²) >= 11 is 5.97. The third-order valence-electron chi connectivity index (χ3n) is 4.44. The summed E-state index contributed by atoms with van der Waals surface area (Å²) in [4.78, 5) is 29.3. The van der Waals surface area contributed by atoms with Crippen molar-refractivity contribution in [3.05, 3.63) is 70.9 Å². The van der Waals surface area contributed by atoms with Gasteiger partial charge in [-0.3, -0.25) is 9.69 Å². The molecule has 1 atom stereocenters. The second kappa shape index (κ2) is 6.26. The number of carbonyl (C=O) groups is 2. The van der Waals surface area contributed by atoms with Crippen LogP contribution in [0.25, 0.3) is 10.9 Å². The lowest BCUT2D eigenvalue weighted by Gasteiger charge is -2.13. The number of imide groups is 1. The zero-order valence-corrected chi connectivity index (χ0v) is 14.1. The Bertz CT molecular complexity index is 966. The van der Waals surface area contributed by atoms with E-state index >= 15 is 0 Å². The molecule has 0 radical (unpaired) electrons. The second-order valence-electron chi connectivity index (χ2n) is 6.12. The Labute approximate surface area is 149 Å². The summed E-state index contributed by atoms with van der Waals surface area (Å²) in [5, 5.41) is 4.43. The number of aromatic amines is 1. The van der Waals surface area contributed by atoms with E-state index in [1.807, 2.05) is 36.5 Å². The second-order valence-corrected chi connectivity index (χ2v) is 6.56. The molecule has 1 aliphatic heterocycles. The van der Waals surface area contributed by atoms with E-state index in [9.17, 15) is 9.59 Å². The number of H-pyrrole nitrogens is 1. The number of carbonyl (C=O) groups excluding carboxylic acids is 2. The number of fused-ring (bicyclic) bond motifs is 1. The molecule has 2 heterocycles. The van der Waals surface area contributed by atoms with Crippen LogP contribution in [0.4, 0.5) is 4.79 Å². The molecule has 4 rings (SSSR count). The van der Waals surface area contributed by atoms with Crippen molar-refractivity contribution in [2.75, 3.05) is 0 Å². The fourth-order valence-electron chi connectivity index (χ4n) is 3.20. The van der Waals surface area contributed by atoms with E-state index in [1.165, 1.54) is 4.90 Å². The third-order valence-corrected chi connectivity index (χ3v) is 4.67. The van der Waals surface area contributed by atoms with Crippen LogP contribution in [0.15, 0.2) is 54.7 Å². The first kappa shape index (κ1) is 15.7. The average molecular weight is 354 g/mol. The number of rotatable bonds is 4. The van der Waals surface area contributed by atoms with Crippen LogP contribution in [0, 0.1) is 0 Å². The number of nitrogens with one attached hydrogen (secondary N) is 2. The molecular formula is C19H16ClN3O2. The summed E-state index contributed by atoms with van der Waals surface area (Å²) in [6.45, 7) is 0.218. The van der Waals surface area contributed by atoms with Gasteiger partial charge in [0.2, 0.25) is 0 Å². The molecule has 2 N–H and O–H groups in total. The van der Waals surface area contributed by atoms with Gasteiger partial charge < -0.3 is 10.3 Å². The Morgan fingerprint density at radius 1 is 1.08 bits per heavy atom. The molecule has 0 saturated carbocycles. The minimum atomic E-state index is -0.550. The molecule has 3 aromatic rings. The third kappa shape index (κ3) is 2.98. The fourth-order valence-corrected chi connectivity index (χ4v) is 3.42. The smallest absolute Gasteiger partial charge is 0.325 e. The number of para-hydroxylation sites is 1. The first-order valence-corrected chi connectivity index (χ1v) is 8.41. The normalized spacial score (nSPS) is 17.3. The van der Waals surface area contributed by atoms with Gasteiger partial charge in [-0.25, -0.2) is 4.79 Å². The number of halogens is 1. The molecule has 2 aromatic carbocycles. The molecule has 0 bridgehead atoms. The lowest BCUT2D eigenvalue weighted by Crippen LogP contribution is -2.32. The Hall–Kier alpha value is -2.79. The van der Waals surface area contributed by atoms with Gasteiger partial charge >= 0.3 is 6.03 Å². The van der Waals surface area contributed by atoms with Crippen LogP contribution < -0.4 is 5.32 Å². The molecule has 5 nitrogen and oxygen atoms in total. The summed E-state index contributed by atoms with van der Waals surface area (Å²) in [5.74, 6) is -0.213. The van der Waals surface area contributed by atoms with Crippen molar-refractivity contribution in [2.24, 2.45) is 0 Å². The molecule has 6 heteroatoms. The molecule has 1 aliphatic rings. The number of hydrogen-bond acceptors (Lipinski definition) is 2. The molecule has 3 amide bonds. The Balaban J connectivity index is 1.53. The molecule has 1 aromatic heterocycles. The van der Waals surface area contributed by atoms with E-state index in [-0.39, 0.29) is 18.5 Å². The molecule has 25 heavy (non-hydrogen) atoms. The lowest BCUT2D eigenvalue weighted by molar-refractivity contribution is -0.127. The van der Waals surface area contributed by atoms with E-state index in [2.05, 4.69) is 10.3 Å². The van der Waals surface area contributed by atoms with Crippen LogP contribution >= 0.6 is 11.6 Å². The van der Waals surface area contributed by atoms with Gasteiger partial charge in [0.15, 0.2) is 0 Å². The SMILES string of the molecule is O=C1NC(Cc2c[nH]c3ccccc23)C(=O)N1Cc1cccc(Cl)c1. The number of urea groups is 1. The van der Waals surface area contributed by atoms with Crippen LogP contribution in [0.2, 0.25) is 5.02 Å². The highest BCUT2D eigenvalue weighted by Gasteiger charge is 2.38. The maximum atomic E-state index is 12.7. The zero-order valence-electron chi connectivity index (χ0n) is 13.3. The van der Waals surface area contributed by atoms with Gasteiger partial charge in [0.05, 0.1) is 6.54 Å². The van der Waals surface area contributed by atoms with Gasteiger partial charge in [-0.15, -0.1) is 0 Å². The summed E-state index contributed by atoms with van der Waals surface area (Å²) < 4.78 is 0. The van der Waals surface area contributed by atoms with Crippen molar-refractivity contribution in [1.82, 2.24) is 15.2 Å². The predicted molar refractivity (Wildman–Crippen MR) is 96.3 cm³/mol. The van der Waals surface area contributed by atoms with Gasteiger partial charge in [-0.2, -0.15) is 0 Å². The van der Waals surface area contributed by atoms with E-state index in [1.54, 1.807) is 18.2 Å². The highest BCUT2D eigenvalue weighted by atomic mass is 35.5. The quantitative estimate of drug-likeness (QED) is 0.705. The zero-order chi connectivity index (χ0) is 17.4. The van der Waals surface area contributed by atoms with Crippen molar-refractivity contribution in [2.45, 2.75) is 19.0 Å². The van der Waals surface area contributed by atoms with E-state index < -0.39 is 6.04 Å². The Morgan fingerprint density at radius 2 is 1.92 bits per heavy atom. The minimum absolute atomic E-state index is 0.213. The first-order chi connectivity index (χ1) is 12.1. The van der Waals surface area contributed by atoms with Crippen LogP contribution in [-0.2, 0) is 17.8 Å². The standard InChI is InChI=1S/C19H16ClN3O2/c20-14-5-3-4-12(8-14)11-23-18(24)17(22-19(23)25)9-13-10-21-16-7-2-1-6-15(13)16/h1-8,10,17,21H,9,11H2,(H,22,25). The maximum absolute atomic E-state index is 12.7. The molecule has 1 fully saturated rings. The Kier molecular flexibility index (Phi) is 3.93. The van der Waals surface area contributed by atoms with Gasteiger partial charge in [-0.1, -0.05) is 41.9 Å². The van der Waals surface area contributed by atoms with Gasteiger partial charge in [0.25, 0.3) is 5.91 Å². The fraction of sp³-hybridized carbons (Fsp3) is 0.158. The van der Waals surface area contributed by atoms with Crippen LogP contribution in [-0.4, -0.2) is 27.9 Å². The number of nitrogens with zero attached hydrogens (tertiary/aromatic N) is 1. The number of aromatic nitrogens is 1. The summed E-state index contributed by atoms with van der Waals surface area (Å²) in [7, 11) is 0. The van der Waals surface area contributed by atoms with Crippen molar-refractivity contribution in [3.8, 4) is 0 Å². The van der Waals surface area contributed by atoms with Crippen molar-refractivity contribution in [1.29, 1.82) is 0 Å².